The summed E-state index contributed by atoms with van der Waals surface area (Å²) in [5, 5.41) is 16.7. The van der Waals surface area contributed by atoms with E-state index in [1.54, 1.807) is 18.2 Å². The van der Waals surface area contributed by atoms with Gasteiger partial charge in [-0.05, 0) is 32.3 Å². The van der Waals surface area contributed by atoms with Gasteiger partial charge in [-0.15, -0.1) is 0 Å². The number of carbonyl (C=O) groups excluding carboxylic acids is 1. The molecule has 2 heterocycles. The maximum Gasteiger partial charge on any atom is 0.248 e. The molecule has 8 nitrogen and oxygen atoms in total. The summed E-state index contributed by atoms with van der Waals surface area (Å²) in [4.78, 5) is 19.1. The molecule has 0 aliphatic carbocycles. The number of pyridine rings is 1. The number of hydrogen-bond acceptors (Lipinski definition) is 7. The van der Waals surface area contributed by atoms with Crippen LogP contribution in [0.25, 0.3) is 10.9 Å². The Hall–Kier alpha value is -3.93. The number of nitriles is 1. The van der Waals surface area contributed by atoms with Crippen molar-refractivity contribution in [1.29, 1.82) is 5.26 Å². The van der Waals surface area contributed by atoms with Crippen molar-refractivity contribution in [2.45, 2.75) is 12.5 Å². The highest BCUT2D eigenvalue weighted by Gasteiger charge is 2.21. The monoisotopic (exact) mass is 457 g/mol. The van der Waals surface area contributed by atoms with Gasteiger partial charge in [0.15, 0.2) is 0 Å². The zero-order valence-electron chi connectivity index (χ0n) is 19.2. The normalized spacial score (nSPS) is 15.5. The Morgan fingerprint density at radius 1 is 1.32 bits per heavy atom. The lowest BCUT2D eigenvalue weighted by atomic mass is 10.1. The summed E-state index contributed by atoms with van der Waals surface area (Å²) >= 11 is 0. The van der Waals surface area contributed by atoms with E-state index in [2.05, 4.69) is 21.7 Å². The van der Waals surface area contributed by atoms with E-state index >= 15 is 0 Å². The van der Waals surface area contributed by atoms with Gasteiger partial charge < -0.3 is 25.0 Å². The topological polar surface area (TPSA) is 99.5 Å². The van der Waals surface area contributed by atoms with E-state index in [4.69, 9.17) is 9.47 Å². The van der Waals surface area contributed by atoms with E-state index in [-0.39, 0.29) is 12.0 Å². The van der Waals surface area contributed by atoms with Crippen molar-refractivity contribution >= 4 is 33.9 Å². The van der Waals surface area contributed by atoms with E-state index in [9.17, 15) is 10.1 Å². The lowest BCUT2D eigenvalue weighted by Crippen LogP contribution is -2.18. The van der Waals surface area contributed by atoms with Crippen LogP contribution < -0.4 is 15.4 Å². The highest BCUT2D eigenvalue weighted by atomic mass is 16.5. The van der Waals surface area contributed by atoms with Crippen molar-refractivity contribution in [3.63, 3.8) is 0 Å². The first kappa shape index (κ1) is 23.2. The smallest absolute Gasteiger partial charge is 0.248 e. The minimum absolute atomic E-state index is 0.0994. The van der Waals surface area contributed by atoms with Crippen LogP contribution in [-0.2, 0) is 9.53 Å². The molecular formula is C26H27N5O3. The third kappa shape index (κ3) is 5.70. The molecule has 0 bridgehead atoms. The predicted octanol–water partition coefficient (Wildman–Crippen LogP) is 4.07. The number of amides is 1. The van der Waals surface area contributed by atoms with Gasteiger partial charge in [-0.3, -0.25) is 9.78 Å². The lowest BCUT2D eigenvalue weighted by molar-refractivity contribution is -0.111. The summed E-state index contributed by atoms with van der Waals surface area (Å²) in [7, 11) is 3.87. The molecule has 3 aromatic rings. The van der Waals surface area contributed by atoms with Gasteiger partial charge in [-0.2, -0.15) is 5.26 Å². The number of ether oxygens (including phenoxy) is 2. The summed E-state index contributed by atoms with van der Waals surface area (Å²) in [6, 6.07) is 15.4. The molecule has 34 heavy (non-hydrogen) atoms. The number of fused-ring (bicyclic) bond motifs is 1. The van der Waals surface area contributed by atoms with Gasteiger partial charge in [0.2, 0.25) is 5.91 Å². The number of nitrogens with one attached hydrogen (secondary N) is 2. The molecule has 0 radical (unpaired) electrons. The standard InChI is InChI=1S/C26H27N5O3/c1-31(2)11-6-9-25(32)30-23-13-21-22(14-24(23)34-20-10-12-33-17-20)28-16-18(15-27)26(21)29-19-7-4-3-5-8-19/h3-9,13-14,16,20H,10-12,17H2,1-2H3,(H,28,29)(H,30,32)/b9-6+/t20-/m1/s1. The third-order valence-electron chi connectivity index (χ3n) is 5.31. The number of para-hydroxylation sites is 1. The number of anilines is 3. The summed E-state index contributed by atoms with van der Waals surface area (Å²) in [6.07, 6.45) is 5.51. The van der Waals surface area contributed by atoms with Crippen LogP contribution in [0, 0.1) is 11.3 Å². The zero-order chi connectivity index (χ0) is 23.9. The van der Waals surface area contributed by atoms with Crippen LogP contribution in [0.5, 0.6) is 5.75 Å². The fourth-order valence-electron chi connectivity index (χ4n) is 3.63. The highest BCUT2D eigenvalue weighted by Crippen LogP contribution is 2.37. The Labute approximate surface area is 198 Å². The molecule has 1 aromatic heterocycles. The quantitative estimate of drug-likeness (QED) is 0.492. The van der Waals surface area contributed by atoms with Gasteiger partial charge in [-0.1, -0.05) is 24.3 Å². The van der Waals surface area contributed by atoms with Crippen molar-refractivity contribution in [3.8, 4) is 11.8 Å². The molecule has 1 amide bonds. The van der Waals surface area contributed by atoms with Crippen LogP contribution in [0.3, 0.4) is 0 Å². The largest absolute Gasteiger partial charge is 0.486 e. The second-order valence-corrected chi connectivity index (χ2v) is 8.27. The maximum atomic E-state index is 12.6. The minimum atomic E-state index is -0.268. The lowest BCUT2D eigenvalue weighted by Gasteiger charge is -2.18. The Kier molecular flexibility index (Phi) is 7.38. The predicted molar refractivity (Wildman–Crippen MR) is 132 cm³/mol. The average molecular weight is 458 g/mol. The number of carbonyl (C=O) groups is 1. The van der Waals surface area contributed by atoms with E-state index < -0.39 is 0 Å². The maximum absolute atomic E-state index is 12.6. The van der Waals surface area contributed by atoms with Crippen LogP contribution in [0.1, 0.15) is 12.0 Å². The molecule has 8 heteroatoms. The zero-order valence-corrected chi connectivity index (χ0v) is 19.2. The summed E-state index contributed by atoms with van der Waals surface area (Å²) in [5.41, 5.74) is 3.01. The molecule has 174 valence electrons. The van der Waals surface area contributed by atoms with Gasteiger partial charge >= 0.3 is 0 Å². The van der Waals surface area contributed by atoms with Gasteiger partial charge in [0, 0.05) is 42.4 Å². The Bertz CT molecular complexity index is 1230. The highest BCUT2D eigenvalue weighted by molar-refractivity contribution is 6.04. The second kappa shape index (κ2) is 10.8. The van der Waals surface area contributed by atoms with Crippen LogP contribution in [0.15, 0.2) is 60.8 Å². The molecule has 1 aliphatic heterocycles. The molecule has 0 saturated carbocycles. The molecule has 0 unspecified atom stereocenters. The number of hydrogen-bond donors (Lipinski definition) is 2. The number of aromatic nitrogens is 1. The Morgan fingerprint density at radius 3 is 2.85 bits per heavy atom. The molecule has 1 aliphatic rings. The van der Waals surface area contributed by atoms with Crippen molar-refractivity contribution in [2.24, 2.45) is 0 Å². The van der Waals surface area contributed by atoms with Crippen molar-refractivity contribution in [3.05, 3.63) is 66.4 Å². The first-order chi connectivity index (χ1) is 16.5. The van der Waals surface area contributed by atoms with Crippen LogP contribution >= 0.6 is 0 Å². The van der Waals surface area contributed by atoms with E-state index in [1.165, 1.54) is 12.3 Å². The summed E-state index contributed by atoms with van der Waals surface area (Å²) in [6.45, 7) is 1.78. The van der Waals surface area contributed by atoms with Gasteiger partial charge in [0.1, 0.15) is 17.9 Å². The fourth-order valence-corrected chi connectivity index (χ4v) is 3.63. The van der Waals surface area contributed by atoms with Crippen LogP contribution in [-0.4, -0.2) is 55.7 Å². The first-order valence-corrected chi connectivity index (χ1v) is 11.1. The first-order valence-electron chi connectivity index (χ1n) is 11.1. The van der Waals surface area contributed by atoms with E-state index in [0.29, 0.717) is 53.3 Å². The SMILES string of the molecule is CN(C)C/C=C/C(=O)Nc1cc2c(Nc3ccccc3)c(C#N)cnc2cc1O[C@@H]1CCOC1. The summed E-state index contributed by atoms with van der Waals surface area (Å²) < 4.78 is 11.6. The number of benzene rings is 2. The van der Waals surface area contributed by atoms with Crippen LogP contribution in [0.2, 0.25) is 0 Å². The average Bonchev–Trinajstić information content (AvgIpc) is 3.33. The Morgan fingerprint density at radius 2 is 2.15 bits per heavy atom. The molecule has 0 spiro atoms. The van der Waals surface area contributed by atoms with Crippen molar-refractivity contribution < 1.29 is 14.3 Å². The number of rotatable bonds is 8. The molecule has 4 rings (SSSR count). The van der Waals surface area contributed by atoms with Crippen molar-refractivity contribution in [2.75, 3.05) is 44.5 Å². The number of nitrogens with zero attached hydrogens (tertiary/aromatic N) is 3. The molecule has 1 saturated heterocycles. The molecule has 2 N–H and O–H groups in total. The van der Waals surface area contributed by atoms with Gasteiger partial charge in [0.25, 0.3) is 0 Å². The third-order valence-corrected chi connectivity index (χ3v) is 5.31. The van der Waals surface area contributed by atoms with Crippen molar-refractivity contribution in [1.82, 2.24) is 9.88 Å². The summed E-state index contributed by atoms with van der Waals surface area (Å²) in [5.74, 6) is 0.246. The molecule has 1 fully saturated rings. The van der Waals surface area contributed by atoms with Crippen LogP contribution in [0.4, 0.5) is 17.1 Å². The van der Waals surface area contributed by atoms with E-state index in [0.717, 1.165) is 12.1 Å². The van der Waals surface area contributed by atoms with E-state index in [1.807, 2.05) is 49.3 Å². The second-order valence-electron chi connectivity index (χ2n) is 8.27. The molecule has 1 atom stereocenters. The van der Waals surface area contributed by atoms with Gasteiger partial charge in [0.05, 0.1) is 35.7 Å². The Balaban J connectivity index is 1.75. The fraction of sp³-hybridized carbons (Fsp3) is 0.269. The van der Waals surface area contributed by atoms with Gasteiger partial charge in [-0.25, -0.2) is 0 Å². The minimum Gasteiger partial charge on any atom is -0.486 e. The molecule has 2 aromatic carbocycles. The number of likely N-dealkylation sites (N-methyl/N-ethyl adjacent to an activating group) is 1. The molecular weight excluding hydrogens is 430 g/mol.